The van der Waals surface area contributed by atoms with E-state index in [1.165, 1.54) is 4.90 Å². The zero-order chi connectivity index (χ0) is 24.7. The molecule has 1 aliphatic heterocycles. The molecule has 34 heavy (non-hydrogen) atoms. The number of hydrogen-bond acceptors (Lipinski definition) is 6. The van der Waals surface area contributed by atoms with E-state index >= 15 is 0 Å². The number of rotatable bonds is 11. The molecule has 182 valence electrons. The molecule has 0 aliphatic carbocycles. The lowest BCUT2D eigenvalue weighted by Crippen LogP contribution is -2.52. The minimum atomic E-state index is -0.762. The van der Waals surface area contributed by atoms with E-state index in [2.05, 4.69) is 24.1 Å². The van der Waals surface area contributed by atoms with Gasteiger partial charge in [-0.05, 0) is 62.5 Å². The van der Waals surface area contributed by atoms with Gasteiger partial charge in [0.25, 0.3) is 5.91 Å². The van der Waals surface area contributed by atoms with Gasteiger partial charge in [0.2, 0.25) is 5.91 Å². The highest BCUT2D eigenvalue weighted by Crippen LogP contribution is 2.34. The largest absolute Gasteiger partial charge is 0.485 e. The van der Waals surface area contributed by atoms with E-state index < -0.39 is 6.04 Å². The highest BCUT2D eigenvalue weighted by atomic mass is 35.5. The van der Waals surface area contributed by atoms with Gasteiger partial charge in [-0.2, -0.15) is 0 Å². The molecule has 1 N–H and O–H groups in total. The lowest BCUT2D eigenvalue weighted by molar-refractivity contribution is -0.127. The van der Waals surface area contributed by atoms with Crippen molar-refractivity contribution in [1.82, 2.24) is 10.2 Å². The van der Waals surface area contributed by atoms with Crippen molar-refractivity contribution in [1.29, 1.82) is 0 Å². The Morgan fingerprint density at radius 1 is 1.18 bits per heavy atom. The first-order valence-electron chi connectivity index (χ1n) is 11.3. The topological polar surface area (TPSA) is 88.2 Å². The maximum atomic E-state index is 12.8. The van der Waals surface area contributed by atoms with Crippen LogP contribution in [-0.4, -0.2) is 67.9 Å². The number of carbonyl (C=O) groups excluding carboxylic acids is 3. The number of nitrogens with one attached hydrogen (secondary N) is 1. The second-order valence-electron chi connectivity index (χ2n) is 7.89. The van der Waals surface area contributed by atoms with Crippen LogP contribution in [0.5, 0.6) is 11.5 Å². The van der Waals surface area contributed by atoms with Crippen LogP contribution in [0.1, 0.15) is 31.1 Å². The molecule has 0 saturated carbocycles. The first-order chi connectivity index (χ1) is 16.3. The second-order valence-corrected chi connectivity index (χ2v) is 8.33. The SMILES string of the molecule is CCN(CC)CCNC(=O)[C@@H](C)N1C(=O)COc2ccc(C(=O)COc3ccc(Cl)cc3)cc21. The van der Waals surface area contributed by atoms with Gasteiger partial charge in [-0.3, -0.25) is 19.3 Å². The van der Waals surface area contributed by atoms with Crippen LogP contribution in [0.4, 0.5) is 5.69 Å². The van der Waals surface area contributed by atoms with Crippen molar-refractivity contribution in [2.45, 2.75) is 26.8 Å². The predicted molar refractivity (Wildman–Crippen MR) is 131 cm³/mol. The molecule has 0 aromatic heterocycles. The van der Waals surface area contributed by atoms with Crippen molar-refractivity contribution in [3.63, 3.8) is 0 Å². The predicted octanol–water partition coefficient (Wildman–Crippen LogP) is 3.17. The standard InChI is InChI=1S/C25H30ClN3O5/c1-4-28(5-2)13-12-27-25(32)17(3)29-21-14-18(6-11-23(21)34-16-24(29)31)22(30)15-33-20-9-7-19(26)8-10-20/h6-11,14,17H,4-5,12-13,15-16H2,1-3H3,(H,27,32)/t17-/m1/s1. The molecule has 2 amide bonds. The lowest BCUT2D eigenvalue weighted by Gasteiger charge is -2.33. The molecule has 2 aromatic carbocycles. The van der Waals surface area contributed by atoms with Crippen molar-refractivity contribution in [2.24, 2.45) is 0 Å². The molecule has 0 radical (unpaired) electrons. The summed E-state index contributed by atoms with van der Waals surface area (Å²) in [5.74, 6) is 0.0764. The number of fused-ring (bicyclic) bond motifs is 1. The van der Waals surface area contributed by atoms with Crippen LogP contribution in [-0.2, 0) is 9.59 Å². The van der Waals surface area contributed by atoms with E-state index in [9.17, 15) is 14.4 Å². The van der Waals surface area contributed by atoms with Gasteiger partial charge >= 0.3 is 0 Å². The Morgan fingerprint density at radius 2 is 1.88 bits per heavy atom. The molecule has 0 spiro atoms. The maximum Gasteiger partial charge on any atom is 0.265 e. The number of hydrogen-bond donors (Lipinski definition) is 1. The van der Waals surface area contributed by atoms with Gasteiger partial charge in [-0.1, -0.05) is 25.4 Å². The zero-order valence-electron chi connectivity index (χ0n) is 19.7. The highest BCUT2D eigenvalue weighted by Gasteiger charge is 2.33. The van der Waals surface area contributed by atoms with Gasteiger partial charge in [-0.15, -0.1) is 0 Å². The number of Topliss-reactive ketones (excluding diaryl/α,β-unsaturated/α-hetero) is 1. The molecular formula is C25H30ClN3O5. The van der Waals surface area contributed by atoms with Gasteiger partial charge in [-0.25, -0.2) is 0 Å². The number of anilines is 1. The Bertz CT molecular complexity index is 1020. The zero-order valence-corrected chi connectivity index (χ0v) is 20.4. The Labute approximate surface area is 204 Å². The van der Waals surface area contributed by atoms with E-state index in [4.69, 9.17) is 21.1 Å². The Balaban J connectivity index is 1.70. The minimum absolute atomic E-state index is 0.170. The van der Waals surface area contributed by atoms with Crippen molar-refractivity contribution >= 4 is 34.9 Å². The van der Waals surface area contributed by atoms with E-state index in [1.54, 1.807) is 49.4 Å². The van der Waals surface area contributed by atoms with Crippen LogP contribution in [0.2, 0.25) is 5.02 Å². The van der Waals surface area contributed by atoms with Crippen LogP contribution >= 0.6 is 11.6 Å². The van der Waals surface area contributed by atoms with Crippen molar-refractivity contribution < 1.29 is 23.9 Å². The van der Waals surface area contributed by atoms with Crippen LogP contribution in [0.15, 0.2) is 42.5 Å². The number of ether oxygens (including phenoxy) is 2. The van der Waals surface area contributed by atoms with Crippen molar-refractivity contribution in [3.05, 3.63) is 53.1 Å². The smallest absolute Gasteiger partial charge is 0.265 e. The monoisotopic (exact) mass is 487 g/mol. The van der Waals surface area contributed by atoms with Crippen molar-refractivity contribution in [3.8, 4) is 11.5 Å². The number of amides is 2. The van der Waals surface area contributed by atoms with Crippen LogP contribution in [0.25, 0.3) is 0 Å². The van der Waals surface area contributed by atoms with Gasteiger partial charge in [0.05, 0.1) is 5.69 Å². The molecule has 0 bridgehead atoms. The number of benzene rings is 2. The molecule has 8 nitrogen and oxygen atoms in total. The van der Waals surface area contributed by atoms with Gasteiger partial charge in [0, 0.05) is 23.7 Å². The third-order valence-corrected chi connectivity index (χ3v) is 5.98. The molecule has 1 atom stereocenters. The number of carbonyl (C=O) groups is 3. The summed E-state index contributed by atoms with van der Waals surface area (Å²) in [6.45, 7) is 8.45. The lowest BCUT2D eigenvalue weighted by atomic mass is 10.1. The second kappa shape index (κ2) is 11.9. The number of ketones is 1. The summed E-state index contributed by atoms with van der Waals surface area (Å²) >= 11 is 5.87. The third-order valence-electron chi connectivity index (χ3n) is 5.73. The van der Waals surface area contributed by atoms with Gasteiger partial charge in [0.15, 0.2) is 19.0 Å². The fraction of sp³-hybridized carbons (Fsp3) is 0.400. The fourth-order valence-corrected chi connectivity index (χ4v) is 3.80. The first-order valence-corrected chi connectivity index (χ1v) is 11.7. The molecule has 0 fully saturated rings. The van der Waals surface area contributed by atoms with Gasteiger partial charge in [0.1, 0.15) is 17.5 Å². The van der Waals surface area contributed by atoms with Gasteiger partial charge < -0.3 is 19.7 Å². The maximum absolute atomic E-state index is 12.8. The number of nitrogens with zero attached hydrogens (tertiary/aromatic N) is 2. The van der Waals surface area contributed by atoms with Crippen LogP contribution < -0.4 is 19.7 Å². The van der Waals surface area contributed by atoms with E-state index in [0.717, 1.165) is 19.6 Å². The summed E-state index contributed by atoms with van der Waals surface area (Å²) in [4.78, 5) is 41.8. The van der Waals surface area contributed by atoms with Crippen LogP contribution in [0, 0.1) is 0 Å². The summed E-state index contributed by atoms with van der Waals surface area (Å²) in [5.41, 5.74) is 0.741. The number of halogens is 1. The minimum Gasteiger partial charge on any atom is -0.485 e. The molecule has 3 rings (SSSR count). The van der Waals surface area contributed by atoms with E-state index in [0.29, 0.717) is 34.3 Å². The third kappa shape index (κ3) is 6.27. The summed E-state index contributed by atoms with van der Waals surface area (Å²) in [6.07, 6.45) is 0. The molecule has 1 aliphatic rings. The molecule has 2 aromatic rings. The molecular weight excluding hydrogens is 458 g/mol. The summed E-state index contributed by atoms with van der Waals surface area (Å²) in [6, 6.07) is 10.8. The molecule has 9 heteroatoms. The van der Waals surface area contributed by atoms with E-state index in [-0.39, 0.29) is 30.8 Å². The summed E-state index contributed by atoms with van der Waals surface area (Å²) in [5, 5.41) is 3.47. The molecule has 0 saturated heterocycles. The first kappa shape index (κ1) is 25.5. The van der Waals surface area contributed by atoms with E-state index in [1.807, 2.05) is 0 Å². The Kier molecular flexibility index (Phi) is 8.90. The Hall–Kier alpha value is -3.10. The average Bonchev–Trinajstić information content (AvgIpc) is 2.85. The van der Waals surface area contributed by atoms with Crippen LogP contribution in [0.3, 0.4) is 0 Å². The summed E-state index contributed by atoms with van der Waals surface area (Å²) in [7, 11) is 0. The highest BCUT2D eigenvalue weighted by molar-refractivity contribution is 6.30. The normalized spacial score (nSPS) is 13.8. The Morgan fingerprint density at radius 3 is 2.56 bits per heavy atom. The molecule has 0 unspecified atom stereocenters. The molecule has 1 heterocycles. The quantitative estimate of drug-likeness (QED) is 0.490. The average molecular weight is 488 g/mol. The summed E-state index contributed by atoms with van der Waals surface area (Å²) < 4.78 is 11.1. The fourth-order valence-electron chi connectivity index (χ4n) is 3.67. The number of likely N-dealkylation sites (N-methyl/N-ethyl adjacent to an activating group) is 1. The van der Waals surface area contributed by atoms with Crippen molar-refractivity contribution in [2.75, 3.05) is 44.3 Å².